The number of fused-ring (bicyclic) bond motifs is 7. The van der Waals surface area contributed by atoms with E-state index in [1.165, 1.54) is 34.7 Å². The molecular formula is C33H36N2O5. The third-order valence-electron chi connectivity index (χ3n) is 8.32. The van der Waals surface area contributed by atoms with Crippen molar-refractivity contribution in [1.29, 1.82) is 0 Å². The normalized spacial score (nSPS) is 17.3. The van der Waals surface area contributed by atoms with Gasteiger partial charge in [-0.05, 0) is 94.7 Å². The van der Waals surface area contributed by atoms with Crippen molar-refractivity contribution in [2.75, 3.05) is 34.0 Å². The molecule has 1 fully saturated rings. The van der Waals surface area contributed by atoms with Crippen LogP contribution in [0.3, 0.4) is 0 Å². The summed E-state index contributed by atoms with van der Waals surface area (Å²) in [7, 11) is 3.35. The Hall–Kier alpha value is -3.81. The molecule has 0 aliphatic carbocycles. The highest BCUT2D eigenvalue weighted by atomic mass is 16.6. The van der Waals surface area contributed by atoms with Gasteiger partial charge in [-0.25, -0.2) is 0 Å². The smallest absolute Gasteiger partial charge is 0.323 e. The standard InChI is InChI=1S/C33H36N2O5/c1-37-31-18-27-25-16-22-9-6-12-35(22)20-29(25)24-11-10-23(17-26(24)28(27)19-32(31)38-2)39-13-14-40-33(36)30(34)15-21-7-4-3-5-8-21/h3-5,7-8,10-11,17-19,22,30H,6,9,12-16,20,34H2,1-2H3/t22-,30+/m1/s1. The molecule has 0 unspecified atom stereocenters. The molecule has 0 saturated carbocycles. The minimum atomic E-state index is -0.706. The van der Waals surface area contributed by atoms with Crippen molar-refractivity contribution in [2.24, 2.45) is 5.73 Å². The first-order valence-electron chi connectivity index (χ1n) is 14.0. The molecule has 0 amide bonds. The van der Waals surface area contributed by atoms with Gasteiger partial charge in [0.2, 0.25) is 0 Å². The second-order valence-corrected chi connectivity index (χ2v) is 10.7. The van der Waals surface area contributed by atoms with Crippen LogP contribution in [0.5, 0.6) is 17.2 Å². The number of hydrogen-bond acceptors (Lipinski definition) is 7. The maximum absolute atomic E-state index is 12.4. The second-order valence-electron chi connectivity index (χ2n) is 10.7. The first-order chi connectivity index (χ1) is 19.6. The Kier molecular flexibility index (Phi) is 7.50. The highest BCUT2D eigenvalue weighted by Crippen LogP contribution is 2.44. The van der Waals surface area contributed by atoms with Crippen LogP contribution in [0.25, 0.3) is 21.5 Å². The van der Waals surface area contributed by atoms with E-state index < -0.39 is 12.0 Å². The lowest BCUT2D eigenvalue weighted by molar-refractivity contribution is -0.145. The summed E-state index contributed by atoms with van der Waals surface area (Å²) in [5.41, 5.74) is 9.86. The van der Waals surface area contributed by atoms with Gasteiger partial charge in [-0.15, -0.1) is 0 Å². The largest absolute Gasteiger partial charge is 0.493 e. The van der Waals surface area contributed by atoms with Crippen molar-refractivity contribution in [1.82, 2.24) is 4.90 Å². The molecule has 0 bridgehead atoms. The summed E-state index contributed by atoms with van der Waals surface area (Å²) in [4.78, 5) is 15.0. The number of ether oxygens (including phenoxy) is 4. The van der Waals surface area contributed by atoms with Crippen molar-refractivity contribution < 1.29 is 23.7 Å². The first kappa shape index (κ1) is 26.4. The molecule has 2 aliphatic heterocycles. The minimum Gasteiger partial charge on any atom is -0.493 e. The molecule has 6 rings (SSSR count). The van der Waals surface area contributed by atoms with E-state index in [1.54, 1.807) is 14.2 Å². The Bertz CT molecular complexity index is 1540. The predicted octanol–water partition coefficient (Wildman–Crippen LogP) is 5.02. The third-order valence-corrected chi connectivity index (χ3v) is 8.32. The third kappa shape index (κ3) is 5.07. The van der Waals surface area contributed by atoms with E-state index in [4.69, 9.17) is 24.7 Å². The number of hydrogen-bond donors (Lipinski definition) is 1. The molecule has 2 heterocycles. The summed E-state index contributed by atoms with van der Waals surface area (Å²) in [5.74, 6) is 1.75. The van der Waals surface area contributed by atoms with Crippen molar-refractivity contribution in [2.45, 2.75) is 44.3 Å². The van der Waals surface area contributed by atoms with Crippen LogP contribution in [0, 0.1) is 0 Å². The maximum atomic E-state index is 12.4. The number of rotatable bonds is 9. The number of nitrogens with two attached hydrogens (primary N) is 1. The Labute approximate surface area is 234 Å². The summed E-state index contributed by atoms with van der Waals surface area (Å²) in [6.07, 6.45) is 3.99. The molecule has 2 aliphatic rings. The van der Waals surface area contributed by atoms with Crippen LogP contribution in [-0.4, -0.2) is 56.9 Å². The monoisotopic (exact) mass is 540 g/mol. The zero-order valence-corrected chi connectivity index (χ0v) is 23.2. The van der Waals surface area contributed by atoms with Gasteiger partial charge >= 0.3 is 5.97 Å². The fourth-order valence-electron chi connectivity index (χ4n) is 6.32. The van der Waals surface area contributed by atoms with Crippen LogP contribution in [-0.2, 0) is 28.9 Å². The van der Waals surface area contributed by atoms with Crippen LogP contribution in [0.15, 0.2) is 60.7 Å². The zero-order chi connectivity index (χ0) is 27.6. The fraction of sp³-hybridized carbons (Fsp3) is 0.364. The number of esters is 1. The molecule has 0 radical (unpaired) electrons. The predicted molar refractivity (Wildman–Crippen MR) is 156 cm³/mol. The van der Waals surface area contributed by atoms with E-state index in [0.717, 1.165) is 47.3 Å². The average molecular weight is 541 g/mol. The fourth-order valence-corrected chi connectivity index (χ4v) is 6.32. The van der Waals surface area contributed by atoms with E-state index in [0.29, 0.717) is 18.2 Å². The van der Waals surface area contributed by atoms with Crippen molar-refractivity contribution in [3.63, 3.8) is 0 Å². The number of carbonyl (C=O) groups excluding carboxylic acids is 1. The van der Waals surface area contributed by atoms with E-state index >= 15 is 0 Å². The summed E-state index contributed by atoms with van der Waals surface area (Å²) in [6, 6.07) is 20.1. The molecular weight excluding hydrogens is 504 g/mol. The lowest BCUT2D eigenvalue weighted by Crippen LogP contribution is -2.35. The van der Waals surface area contributed by atoms with Gasteiger partial charge in [-0.2, -0.15) is 0 Å². The van der Waals surface area contributed by atoms with Crippen molar-refractivity contribution in [3.8, 4) is 17.2 Å². The summed E-state index contributed by atoms with van der Waals surface area (Å²) >= 11 is 0. The van der Waals surface area contributed by atoms with E-state index in [9.17, 15) is 4.79 Å². The molecule has 1 saturated heterocycles. The molecule has 0 spiro atoms. The summed E-state index contributed by atoms with van der Waals surface area (Å²) in [5, 5.41) is 4.70. The van der Waals surface area contributed by atoms with Crippen LogP contribution in [0.4, 0.5) is 0 Å². The topological polar surface area (TPSA) is 83.2 Å². The summed E-state index contributed by atoms with van der Waals surface area (Å²) < 4.78 is 22.8. The van der Waals surface area contributed by atoms with Gasteiger partial charge in [0.25, 0.3) is 0 Å². The van der Waals surface area contributed by atoms with E-state index in [2.05, 4.69) is 29.2 Å². The van der Waals surface area contributed by atoms with Crippen LogP contribution in [0.2, 0.25) is 0 Å². The van der Waals surface area contributed by atoms with Crippen molar-refractivity contribution in [3.05, 3.63) is 77.4 Å². The average Bonchev–Trinajstić information content (AvgIpc) is 3.45. The van der Waals surface area contributed by atoms with Crippen molar-refractivity contribution >= 4 is 27.5 Å². The first-order valence-corrected chi connectivity index (χ1v) is 14.0. The van der Waals surface area contributed by atoms with Gasteiger partial charge in [0, 0.05) is 12.6 Å². The second kappa shape index (κ2) is 11.4. The lowest BCUT2D eigenvalue weighted by atomic mass is 9.85. The number of benzene rings is 4. The molecule has 0 aromatic heterocycles. The highest BCUT2D eigenvalue weighted by molar-refractivity contribution is 6.12. The minimum absolute atomic E-state index is 0.131. The molecule has 7 nitrogen and oxygen atoms in total. The molecule has 2 N–H and O–H groups in total. The maximum Gasteiger partial charge on any atom is 0.323 e. The van der Waals surface area contributed by atoms with Gasteiger partial charge in [0.15, 0.2) is 11.5 Å². The van der Waals surface area contributed by atoms with Crippen LogP contribution in [0.1, 0.15) is 29.5 Å². The molecule has 208 valence electrons. The van der Waals surface area contributed by atoms with Gasteiger partial charge in [0.05, 0.1) is 14.2 Å². The molecule has 2 atom stereocenters. The highest BCUT2D eigenvalue weighted by Gasteiger charge is 2.32. The number of nitrogens with zero attached hydrogens (tertiary/aromatic N) is 1. The van der Waals surface area contributed by atoms with Crippen LogP contribution < -0.4 is 19.9 Å². The Balaban J connectivity index is 1.23. The molecule has 4 aromatic carbocycles. The van der Waals surface area contributed by atoms with Gasteiger partial charge in [-0.3, -0.25) is 9.69 Å². The Morgan fingerprint density at radius 1 is 0.925 bits per heavy atom. The van der Waals surface area contributed by atoms with Crippen LogP contribution >= 0.6 is 0 Å². The lowest BCUT2D eigenvalue weighted by Gasteiger charge is -2.33. The van der Waals surface area contributed by atoms with Gasteiger partial charge < -0.3 is 24.7 Å². The van der Waals surface area contributed by atoms with E-state index in [1.807, 2.05) is 36.4 Å². The van der Waals surface area contributed by atoms with Gasteiger partial charge in [-0.1, -0.05) is 36.4 Å². The van der Waals surface area contributed by atoms with Gasteiger partial charge in [0.1, 0.15) is 25.0 Å². The number of methoxy groups -OCH3 is 2. The van der Waals surface area contributed by atoms with E-state index in [-0.39, 0.29) is 13.2 Å². The summed E-state index contributed by atoms with van der Waals surface area (Å²) in [6.45, 7) is 2.49. The molecule has 40 heavy (non-hydrogen) atoms. The quantitative estimate of drug-likeness (QED) is 0.181. The number of carbonyl (C=O) groups is 1. The SMILES string of the molecule is COc1cc2c3c(c4ccc(OCCOC(=O)[C@@H](N)Cc5ccccc5)cc4c2cc1OC)CN1CCC[C@@H]1C3. The molecule has 4 aromatic rings. The Morgan fingerprint density at radius 2 is 1.68 bits per heavy atom. The zero-order valence-electron chi connectivity index (χ0n) is 23.2. The molecule has 7 heteroatoms. The Morgan fingerprint density at radius 3 is 2.45 bits per heavy atom.